The van der Waals surface area contributed by atoms with Gasteiger partial charge in [0.2, 0.25) is 0 Å². The number of nitrogens with one attached hydrogen (secondary N) is 2. The summed E-state index contributed by atoms with van der Waals surface area (Å²) < 4.78 is 5.34. The second kappa shape index (κ2) is 9.70. The summed E-state index contributed by atoms with van der Waals surface area (Å²) in [4.78, 5) is 9.51. The number of thiazole rings is 1. The van der Waals surface area contributed by atoms with Crippen LogP contribution in [-0.2, 0) is 16.7 Å². The van der Waals surface area contributed by atoms with Gasteiger partial charge in [-0.1, -0.05) is 33.6 Å². The molecule has 26 heavy (non-hydrogen) atoms. The lowest BCUT2D eigenvalue weighted by molar-refractivity contribution is 0.138. The molecule has 148 valence electrons. The van der Waals surface area contributed by atoms with Crippen LogP contribution in [0.3, 0.4) is 0 Å². The number of ether oxygens (including phenoxy) is 1. The summed E-state index contributed by atoms with van der Waals surface area (Å²) in [7, 11) is 1.79. The van der Waals surface area contributed by atoms with Gasteiger partial charge in [-0.2, -0.15) is 0 Å². The van der Waals surface area contributed by atoms with E-state index in [4.69, 9.17) is 14.7 Å². The third kappa shape index (κ3) is 6.23. The fourth-order valence-corrected chi connectivity index (χ4v) is 4.39. The van der Waals surface area contributed by atoms with Gasteiger partial charge >= 0.3 is 0 Å². The predicted octanol–water partition coefficient (Wildman–Crippen LogP) is 4.09. The van der Waals surface area contributed by atoms with Crippen molar-refractivity contribution in [2.24, 2.45) is 10.4 Å². The number of nitrogens with zero attached hydrogens (tertiary/aromatic N) is 2. The zero-order valence-corrected chi connectivity index (χ0v) is 18.0. The highest BCUT2D eigenvalue weighted by molar-refractivity contribution is 7.09. The smallest absolute Gasteiger partial charge is 0.191 e. The normalized spacial score (nSPS) is 17.5. The van der Waals surface area contributed by atoms with Crippen molar-refractivity contribution in [1.29, 1.82) is 0 Å². The van der Waals surface area contributed by atoms with E-state index in [9.17, 15) is 0 Å². The van der Waals surface area contributed by atoms with Crippen molar-refractivity contribution in [3.63, 3.8) is 0 Å². The Morgan fingerprint density at radius 3 is 2.62 bits per heavy atom. The number of aliphatic imine (C=N–C) groups is 1. The molecule has 0 amide bonds. The van der Waals surface area contributed by atoms with E-state index >= 15 is 0 Å². The van der Waals surface area contributed by atoms with Gasteiger partial charge in [0.1, 0.15) is 5.01 Å². The van der Waals surface area contributed by atoms with Crippen molar-refractivity contribution in [2.45, 2.75) is 71.8 Å². The van der Waals surface area contributed by atoms with Crippen LogP contribution in [0.1, 0.15) is 70.5 Å². The average Bonchev–Trinajstić information content (AvgIpc) is 3.25. The van der Waals surface area contributed by atoms with Crippen LogP contribution in [-0.4, -0.2) is 37.7 Å². The quantitative estimate of drug-likeness (QED) is 0.527. The highest BCUT2D eigenvalue weighted by Gasteiger charge is 2.33. The zero-order chi connectivity index (χ0) is 19.0. The number of methoxy groups -OCH3 is 1. The van der Waals surface area contributed by atoms with Gasteiger partial charge in [-0.25, -0.2) is 9.98 Å². The molecule has 1 aliphatic rings. The molecule has 1 aromatic rings. The summed E-state index contributed by atoms with van der Waals surface area (Å²) in [6.07, 6.45) is 6.34. The molecule has 1 heterocycles. The zero-order valence-electron chi connectivity index (χ0n) is 17.2. The van der Waals surface area contributed by atoms with Crippen molar-refractivity contribution >= 4 is 17.3 Å². The van der Waals surface area contributed by atoms with Gasteiger partial charge in [0.15, 0.2) is 5.96 Å². The lowest BCUT2D eigenvalue weighted by Gasteiger charge is -2.29. The van der Waals surface area contributed by atoms with Crippen LogP contribution in [0.4, 0.5) is 0 Å². The first-order valence-corrected chi connectivity index (χ1v) is 10.7. The summed E-state index contributed by atoms with van der Waals surface area (Å²) in [6.45, 7) is 12.0. The predicted molar refractivity (Wildman–Crippen MR) is 111 cm³/mol. The molecule has 0 unspecified atom stereocenters. The van der Waals surface area contributed by atoms with E-state index in [-0.39, 0.29) is 5.41 Å². The minimum Gasteiger partial charge on any atom is -0.385 e. The van der Waals surface area contributed by atoms with E-state index in [0.29, 0.717) is 12.0 Å². The highest BCUT2D eigenvalue weighted by atomic mass is 32.1. The largest absolute Gasteiger partial charge is 0.385 e. The molecule has 0 atom stereocenters. The Morgan fingerprint density at radius 2 is 2.04 bits per heavy atom. The van der Waals surface area contributed by atoms with Crippen molar-refractivity contribution < 1.29 is 4.74 Å². The Labute approximate surface area is 163 Å². The van der Waals surface area contributed by atoms with E-state index in [1.165, 1.54) is 25.7 Å². The van der Waals surface area contributed by atoms with Crippen LogP contribution in [0, 0.1) is 5.41 Å². The molecule has 0 spiro atoms. The molecule has 1 fully saturated rings. The van der Waals surface area contributed by atoms with E-state index in [1.54, 1.807) is 18.4 Å². The van der Waals surface area contributed by atoms with Crippen molar-refractivity contribution in [1.82, 2.24) is 15.6 Å². The van der Waals surface area contributed by atoms with E-state index in [1.807, 2.05) is 0 Å². The number of guanidine groups is 1. The summed E-state index contributed by atoms with van der Waals surface area (Å²) in [5, 5.41) is 10.2. The van der Waals surface area contributed by atoms with E-state index in [0.717, 1.165) is 42.8 Å². The third-order valence-electron chi connectivity index (χ3n) is 5.17. The first-order valence-electron chi connectivity index (χ1n) is 9.84. The maximum Gasteiger partial charge on any atom is 0.191 e. The van der Waals surface area contributed by atoms with Crippen molar-refractivity contribution in [3.05, 3.63) is 16.1 Å². The minimum atomic E-state index is 0.0947. The van der Waals surface area contributed by atoms with Gasteiger partial charge in [0.05, 0.1) is 12.2 Å². The molecule has 6 heteroatoms. The molecule has 5 nitrogen and oxygen atoms in total. The van der Waals surface area contributed by atoms with Crippen LogP contribution in [0.2, 0.25) is 0 Å². The molecule has 2 N–H and O–H groups in total. The second-order valence-electron chi connectivity index (χ2n) is 8.38. The van der Waals surface area contributed by atoms with Crippen LogP contribution in [0.5, 0.6) is 0 Å². The van der Waals surface area contributed by atoms with Gasteiger partial charge in [-0.15, -0.1) is 11.3 Å². The van der Waals surface area contributed by atoms with Crippen LogP contribution in [0.15, 0.2) is 10.4 Å². The third-order valence-corrected chi connectivity index (χ3v) is 6.00. The molecule has 1 aliphatic carbocycles. The Kier molecular flexibility index (Phi) is 7.89. The minimum absolute atomic E-state index is 0.0947. The highest BCUT2D eigenvalue weighted by Crippen LogP contribution is 2.40. The van der Waals surface area contributed by atoms with Crippen LogP contribution in [0.25, 0.3) is 0 Å². The maximum atomic E-state index is 5.34. The molecule has 1 saturated carbocycles. The standard InChI is InChI=1S/C20H36N4OS/c1-6-21-18(22-13-17-24-16(14-26-17)19(2,3)4)23-15-20(11-12-25-5)9-7-8-10-20/h14H,6-13,15H2,1-5H3,(H2,21,22,23). The molecule has 1 aromatic heterocycles. The lowest BCUT2D eigenvalue weighted by Crippen LogP contribution is -2.43. The SMILES string of the molecule is CCNC(=NCc1nc(C(C)(C)C)cs1)NCC1(CCOC)CCCC1. The van der Waals surface area contributed by atoms with Crippen LogP contribution >= 0.6 is 11.3 Å². The number of hydrogen-bond acceptors (Lipinski definition) is 4. The van der Waals surface area contributed by atoms with E-state index in [2.05, 4.69) is 43.7 Å². The summed E-state index contributed by atoms with van der Waals surface area (Å²) in [6, 6.07) is 0. The molecule has 0 aliphatic heterocycles. The lowest BCUT2D eigenvalue weighted by atomic mass is 9.83. The fourth-order valence-electron chi connectivity index (χ4n) is 3.45. The number of aromatic nitrogens is 1. The van der Waals surface area contributed by atoms with Gasteiger partial charge < -0.3 is 15.4 Å². The van der Waals surface area contributed by atoms with Gasteiger partial charge in [-0.3, -0.25) is 0 Å². The van der Waals surface area contributed by atoms with Crippen molar-refractivity contribution in [2.75, 3.05) is 26.8 Å². The molecule has 0 radical (unpaired) electrons. The van der Waals surface area contributed by atoms with Gasteiger partial charge in [0.25, 0.3) is 0 Å². The summed E-state index contributed by atoms with van der Waals surface area (Å²) in [5.74, 6) is 0.892. The number of rotatable bonds is 8. The molecular weight excluding hydrogens is 344 g/mol. The summed E-state index contributed by atoms with van der Waals surface area (Å²) >= 11 is 1.70. The average molecular weight is 381 g/mol. The van der Waals surface area contributed by atoms with Gasteiger partial charge in [-0.05, 0) is 31.6 Å². The van der Waals surface area contributed by atoms with Gasteiger partial charge in [0, 0.05) is 37.6 Å². The Bertz CT molecular complexity index is 571. The fraction of sp³-hybridized carbons (Fsp3) is 0.800. The number of hydrogen-bond donors (Lipinski definition) is 2. The van der Waals surface area contributed by atoms with Crippen LogP contribution < -0.4 is 10.6 Å². The second-order valence-corrected chi connectivity index (χ2v) is 9.32. The Balaban J connectivity index is 1.96. The monoisotopic (exact) mass is 380 g/mol. The molecule has 0 aromatic carbocycles. The van der Waals surface area contributed by atoms with E-state index < -0.39 is 0 Å². The maximum absolute atomic E-state index is 5.34. The first-order chi connectivity index (χ1) is 12.4. The van der Waals surface area contributed by atoms with Crippen molar-refractivity contribution in [3.8, 4) is 0 Å². The summed E-state index contributed by atoms with van der Waals surface area (Å²) in [5.41, 5.74) is 1.60. The first kappa shape index (κ1) is 21.2. The Morgan fingerprint density at radius 1 is 1.31 bits per heavy atom. The molecule has 0 saturated heterocycles. The Hall–Kier alpha value is -1.14. The molecular formula is C20H36N4OS. The molecule has 0 bridgehead atoms. The molecule has 2 rings (SSSR count). The topological polar surface area (TPSA) is 58.5 Å².